The van der Waals surface area contributed by atoms with Crippen LogP contribution >= 0.6 is 0 Å². The summed E-state index contributed by atoms with van der Waals surface area (Å²) < 4.78 is 0. The summed E-state index contributed by atoms with van der Waals surface area (Å²) in [6.07, 6.45) is 2.35. The number of amides is 2. The molecule has 2 unspecified atom stereocenters. The second kappa shape index (κ2) is 5.26. The predicted molar refractivity (Wildman–Crippen MR) is 68.7 cm³/mol. The van der Waals surface area contributed by atoms with Gasteiger partial charge in [0.2, 0.25) is 11.8 Å². The largest absolute Gasteiger partial charge is 0.345 e. The minimum absolute atomic E-state index is 0.0822. The third-order valence-corrected chi connectivity index (χ3v) is 4.29. The van der Waals surface area contributed by atoms with Gasteiger partial charge in [-0.25, -0.2) is 0 Å². The Kier molecular flexibility index (Phi) is 3.90. The van der Waals surface area contributed by atoms with Crippen LogP contribution in [0.15, 0.2) is 0 Å². The van der Waals surface area contributed by atoms with E-state index in [1.165, 1.54) is 0 Å². The predicted octanol–water partition coefficient (Wildman–Crippen LogP) is 0.0505. The standard InChI is InChI=1S/C13H23N3O2/c1-9(14)10-3-5-16(6-4-10)13(18)11-7-12(17)15(2)8-11/h9-11H,3-8,14H2,1-2H3. The van der Waals surface area contributed by atoms with E-state index in [9.17, 15) is 9.59 Å². The van der Waals surface area contributed by atoms with Gasteiger partial charge in [0.15, 0.2) is 0 Å². The molecule has 2 rings (SSSR count). The van der Waals surface area contributed by atoms with Crippen LogP contribution in [0.2, 0.25) is 0 Å². The monoisotopic (exact) mass is 253 g/mol. The first kappa shape index (κ1) is 13.3. The zero-order valence-electron chi connectivity index (χ0n) is 11.3. The highest BCUT2D eigenvalue weighted by molar-refractivity contribution is 5.89. The van der Waals surface area contributed by atoms with Crippen molar-refractivity contribution >= 4 is 11.8 Å². The van der Waals surface area contributed by atoms with E-state index in [2.05, 4.69) is 0 Å². The lowest BCUT2D eigenvalue weighted by molar-refractivity contribution is -0.137. The molecule has 2 fully saturated rings. The minimum Gasteiger partial charge on any atom is -0.345 e. The Hall–Kier alpha value is -1.10. The summed E-state index contributed by atoms with van der Waals surface area (Å²) in [5.74, 6) is 0.630. The van der Waals surface area contributed by atoms with Crippen LogP contribution in [0.5, 0.6) is 0 Å². The fourth-order valence-electron chi connectivity index (χ4n) is 2.93. The molecule has 2 N–H and O–H groups in total. The van der Waals surface area contributed by atoms with Crippen molar-refractivity contribution in [3.8, 4) is 0 Å². The number of nitrogens with zero attached hydrogens (tertiary/aromatic N) is 2. The number of carbonyl (C=O) groups is 2. The topological polar surface area (TPSA) is 66.6 Å². The van der Waals surface area contributed by atoms with E-state index in [4.69, 9.17) is 5.73 Å². The summed E-state index contributed by atoms with van der Waals surface area (Å²) >= 11 is 0. The van der Waals surface area contributed by atoms with Crippen LogP contribution < -0.4 is 5.73 Å². The lowest BCUT2D eigenvalue weighted by Gasteiger charge is -2.34. The molecule has 0 aromatic carbocycles. The number of carbonyl (C=O) groups excluding carboxylic acids is 2. The molecule has 0 aromatic rings. The smallest absolute Gasteiger partial charge is 0.227 e. The number of hydrogen-bond acceptors (Lipinski definition) is 3. The third-order valence-electron chi connectivity index (χ3n) is 4.29. The van der Waals surface area contributed by atoms with Gasteiger partial charge >= 0.3 is 0 Å². The highest BCUT2D eigenvalue weighted by atomic mass is 16.2. The van der Waals surface area contributed by atoms with Crippen molar-refractivity contribution in [3.63, 3.8) is 0 Å². The molecule has 0 aromatic heterocycles. The molecule has 2 saturated heterocycles. The number of hydrogen-bond donors (Lipinski definition) is 1. The molecule has 18 heavy (non-hydrogen) atoms. The van der Waals surface area contributed by atoms with Crippen LogP contribution in [-0.2, 0) is 9.59 Å². The quantitative estimate of drug-likeness (QED) is 0.756. The highest BCUT2D eigenvalue weighted by Gasteiger charge is 2.36. The molecule has 0 saturated carbocycles. The summed E-state index contributed by atoms with van der Waals surface area (Å²) in [5.41, 5.74) is 5.89. The van der Waals surface area contributed by atoms with E-state index in [0.717, 1.165) is 25.9 Å². The molecule has 5 heteroatoms. The number of nitrogens with two attached hydrogens (primary N) is 1. The molecule has 2 heterocycles. The Labute approximate surface area is 108 Å². The average Bonchev–Trinajstić information content (AvgIpc) is 2.69. The molecule has 0 aliphatic carbocycles. The Bertz CT molecular complexity index is 335. The molecule has 102 valence electrons. The van der Waals surface area contributed by atoms with Crippen LogP contribution in [0.25, 0.3) is 0 Å². The normalized spacial score (nSPS) is 27.7. The Balaban J connectivity index is 1.86. The van der Waals surface area contributed by atoms with E-state index < -0.39 is 0 Å². The Morgan fingerprint density at radius 2 is 2.00 bits per heavy atom. The zero-order chi connectivity index (χ0) is 13.3. The van der Waals surface area contributed by atoms with Crippen molar-refractivity contribution in [2.24, 2.45) is 17.6 Å². The van der Waals surface area contributed by atoms with Gasteiger partial charge in [-0.1, -0.05) is 0 Å². The van der Waals surface area contributed by atoms with Crippen molar-refractivity contribution in [3.05, 3.63) is 0 Å². The summed E-state index contributed by atoms with van der Waals surface area (Å²) in [5, 5.41) is 0. The van der Waals surface area contributed by atoms with E-state index in [1.807, 2.05) is 11.8 Å². The molecule has 2 amide bonds. The van der Waals surface area contributed by atoms with Gasteiger partial charge in [-0.05, 0) is 25.7 Å². The first-order chi connectivity index (χ1) is 8.49. The van der Waals surface area contributed by atoms with Gasteiger partial charge in [0.25, 0.3) is 0 Å². The van der Waals surface area contributed by atoms with Crippen molar-refractivity contribution < 1.29 is 9.59 Å². The lowest BCUT2D eigenvalue weighted by atomic mass is 9.90. The van der Waals surface area contributed by atoms with Crippen molar-refractivity contribution in [1.82, 2.24) is 9.80 Å². The van der Waals surface area contributed by atoms with Gasteiger partial charge in [-0.15, -0.1) is 0 Å². The van der Waals surface area contributed by atoms with Crippen molar-refractivity contribution in [2.45, 2.75) is 32.2 Å². The van der Waals surface area contributed by atoms with Gasteiger partial charge < -0.3 is 15.5 Å². The third kappa shape index (κ3) is 2.66. The summed E-state index contributed by atoms with van der Waals surface area (Å²) in [7, 11) is 1.76. The zero-order valence-corrected chi connectivity index (χ0v) is 11.3. The van der Waals surface area contributed by atoms with Crippen molar-refractivity contribution in [2.75, 3.05) is 26.7 Å². The molecular formula is C13H23N3O2. The van der Waals surface area contributed by atoms with E-state index in [1.54, 1.807) is 11.9 Å². The summed E-state index contributed by atoms with van der Waals surface area (Å²) in [6.45, 7) is 4.19. The van der Waals surface area contributed by atoms with E-state index in [0.29, 0.717) is 18.9 Å². The fourth-order valence-corrected chi connectivity index (χ4v) is 2.93. The van der Waals surface area contributed by atoms with Crippen LogP contribution in [-0.4, -0.2) is 54.3 Å². The van der Waals surface area contributed by atoms with E-state index >= 15 is 0 Å². The maximum Gasteiger partial charge on any atom is 0.227 e. The van der Waals surface area contributed by atoms with Crippen LogP contribution in [0.3, 0.4) is 0 Å². The Morgan fingerprint density at radius 1 is 1.39 bits per heavy atom. The van der Waals surface area contributed by atoms with Gasteiger partial charge in [-0.2, -0.15) is 0 Å². The molecule has 5 nitrogen and oxygen atoms in total. The minimum atomic E-state index is -0.130. The van der Waals surface area contributed by atoms with Gasteiger partial charge in [-0.3, -0.25) is 9.59 Å². The molecule has 2 aliphatic heterocycles. The number of rotatable bonds is 2. The summed E-state index contributed by atoms with van der Waals surface area (Å²) in [6, 6.07) is 0.210. The second-order valence-corrected chi connectivity index (χ2v) is 5.70. The fraction of sp³-hybridized carbons (Fsp3) is 0.846. The van der Waals surface area contributed by atoms with Crippen LogP contribution in [0.1, 0.15) is 26.2 Å². The molecule has 0 bridgehead atoms. The summed E-state index contributed by atoms with van der Waals surface area (Å²) in [4.78, 5) is 27.3. The molecule has 0 spiro atoms. The molecule has 0 radical (unpaired) electrons. The second-order valence-electron chi connectivity index (χ2n) is 5.70. The highest BCUT2D eigenvalue weighted by Crippen LogP contribution is 2.24. The van der Waals surface area contributed by atoms with Crippen LogP contribution in [0, 0.1) is 11.8 Å². The lowest BCUT2D eigenvalue weighted by Crippen LogP contribution is -2.45. The number of likely N-dealkylation sites (tertiary alicyclic amines) is 2. The molecular weight excluding hydrogens is 230 g/mol. The van der Waals surface area contributed by atoms with Crippen molar-refractivity contribution in [1.29, 1.82) is 0 Å². The van der Waals surface area contributed by atoms with Gasteiger partial charge in [0, 0.05) is 39.1 Å². The first-order valence-electron chi connectivity index (χ1n) is 6.77. The maximum absolute atomic E-state index is 12.3. The molecule has 2 atom stereocenters. The molecule has 2 aliphatic rings. The first-order valence-corrected chi connectivity index (χ1v) is 6.77. The SMILES string of the molecule is CC(N)C1CCN(C(=O)C2CC(=O)N(C)C2)CC1. The van der Waals surface area contributed by atoms with E-state index in [-0.39, 0.29) is 23.8 Å². The van der Waals surface area contributed by atoms with Gasteiger partial charge in [0.1, 0.15) is 0 Å². The van der Waals surface area contributed by atoms with Crippen LogP contribution in [0.4, 0.5) is 0 Å². The van der Waals surface area contributed by atoms with Gasteiger partial charge in [0.05, 0.1) is 5.92 Å². The maximum atomic E-state index is 12.3. The average molecular weight is 253 g/mol. The Morgan fingerprint density at radius 3 is 2.44 bits per heavy atom. The number of piperidine rings is 1.